The van der Waals surface area contributed by atoms with Gasteiger partial charge < -0.3 is 0 Å². The van der Waals surface area contributed by atoms with Crippen LogP contribution in [-0.4, -0.2) is 31.0 Å². The van der Waals surface area contributed by atoms with Crippen LogP contribution in [0.4, 0.5) is 0 Å². The van der Waals surface area contributed by atoms with Gasteiger partial charge in [0.1, 0.15) is 0 Å². The van der Waals surface area contributed by atoms with E-state index in [1.165, 1.54) is 0 Å². The van der Waals surface area contributed by atoms with Gasteiger partial charge in [-0.25, -0.2) is 0 Å². The fourth-order valence-electron chi connectivity index (χ4n) is 0.612. The second-order valence-corrected chi connectivity index (χ2v) is 14.5. The Morgan fingerprint density at radius 3 is 1.71 bits per heavy atom. The maximum atomic E-state index is 2.46. The normalized spacial score (nSPS) is 11.4. The van der Waals surface area contributed by atoms with Crippen molar-refractivity contribution in [3.63, 3.8) is 0 Å². The molecular formula is C5H14InSi. The van der Waals surface area contributed by atoms with E-state index in [0.717, 1.165) is 0 Å². The first kappa shape index (κ1) is 8.09. The minimum absolute atomic E-state index is 0.00381. The van der Waals surface area contributed by atoms with Crippen LogP contribution in [0.2, 0.25) is 28.1 Å². The van der Waals surface area contributed by atoms with Gasteiger partial charge in [-0.15, -0.1) is 0 Å². The van der Waals surface area contributed by atoms with E-state index in [9.17, 15) is 0 Å². The summed E-state index contributed by atoms with van der Waals surface area (Å²) in [5.41, 5.74) is 0. The number of hydrogen-bond donors (Lipinski definition) is 0. The second-order valence-electron chi connectivity index (χ2n) is 3.17. The molecule has 0 nitrogen and oxygen atoms in total. The Kier molecular flexibility index (Phi) is 3.67. The molecule has 2 heteroatoms. The molecule has 0 aliphatic carbocycles. The Balaban J connectivity index is 3.15. The van der Waals surface area contributed by atoms with E-state index in [-0.39, 0.29) is 22.9 Å². The van der Waals surface area contributed by atoms with Gasteiger partial charge in [-0.1, -0.05) is 0 Å². The zero-order valence-corrected chi connectivity index (χ0v) is 10.1. The van der Waals surface area contributed by atoms with Crippen molar-refractivity contribution in [3.8, 4) is 0 Å². The average Bonchev–Trinajstić information content (AvgIpc) is 1.30. The van der Waals surface area contributed by atoms with Crippen LogP contribution in [0.15, 0.2) is 0 Å². The SMILES string of the molecule is [CH3][In][CH2][Si](C)(C)C. The summed E-state index contributed by atoms with van der Waals surface area (Å²) in [6.45, 7) is 7.38. The molecule has 0 unspecified atom stereocenters. The van der Waals surface area contributed by atoms with Crippen LogP contribution in [0.1, 0.15) is 0 Å². The van der Waals surface area contributed by atoms with E-state index >= 15 is 0 Å². The molecule has 0 rings (SSSR count). The van der Waals surface area contributed by atoms with Gasteiger partial charge in [-0.2, -0.15) is 0 Å². The molecule has 0 fully saturated rings. The molecule has 7 heavy (non-hydrogen) atoms. The van der Waals surface area contributed by atoms with Crippen LogP contribution in [0.5, 0.6) is 0 Å². The Morgan fingerprint density at radius 2 is 1.71 bits per heavy atom. The van der Waals surface area contributed by atoms with Gasteiger partial charge in [-0.3, -0.25) is 0 Å². The van der Waals surface area contributed by atoms with Crippen LogP contribution >= 0.6 is 0 Å². The van der Waals surface area contributed by atoms with Crippen LogP contribution in [0.25, 0.3) is 0 Å². The predicted molar refractivity (Wildman–Crippen MR) is 39.8 cm³/mol. The minimum atomic E-state index is -0.573. The van der Waals surface area contributed by atoms with Crippen molar-refractivity contribution in [2.75, 3.05) is 0 Å². The molecule has 0 aromatic carbocycles. The van der Waals surface area contributed by atoms with Crippen molar-refractivity contribution in [1.82, 2.24) is 0 Å². The third-order valence-electron chi connectivity index (χ3n) is 0.816. The van der Waals surface area contributed by atoms with Gasteiger partial charge in [0.2, 0.25) is 0 Å². The maximum absolute atomic E-state index is 2.46. The van der Waals surface area contributed by atoms with Crippen LogP contribution in [-0.2, 0) is 0 Å². The number of hydrogen-bond acceptors (Lipinski definition) is 0. The molecule has 0 aromatic heterocycles. The van der Waals surface area contributed by atoms with Crippen molar-refractivity contribution in [2.45, 2.75) is 28.1 Å². The molecule has 41 valence electrons. The van der Waals surface area contributed by atoms with Gasteiger partial charge >= 0.3 is 59.1 Å². The molecule has 0 amide bonds. The summed E-state index contributed by atoms with van der Waals surface area (Å²) < 4.78 is 4.12. The molecule has 0 saturated heterocycles. The first-order chi connectivity index (χ1) is 3.06. The Labute approximate surface area is 59.1 Å². The van der Waals surface area contributed by atoms with Crippen molar-refractivity contribution in [1.29, 1.82) is 0 Å². The third kappa shape index (κ3) is 7.09. The first-order valence-electron chi connectivity index (χ1n) is 2.84. The second kappa shape index (κ2) is 3.18. The molecule has 0 bridgehead atoms. The standard InChI is InChI=1S/C4H11Si.CH3.In/c1-5(2,3)4;;/h1H2,2-4H3;1H3;. The Hall–Kier alpha value is 1.09. The number of rotatable bonds is 2. The van der Waals surface area contributed by atoms with E-state index in [4.69, 9.17) is 0 Å². The molecule has 0 atom stereocenters. The zero-order valence-electron chi connectivity index (χ0n) is 5.78. The Morgan fingerprint density at radius 1 is 1.29 bits per heavy atom. The van der Waals surface area contributed by atoms with Crippen LogP contribution < -0.4 is 0 Å². The van der Waals surface area contributed by atoms with Crippen molar-refractivity contribution < 1.29 is 0 Å². The van der Waals surface area contributed by atoms with E-state index in [2.05, 4.69) is 24.3 Å². The molecule has 0 aromatic rings. The third-order valence-corrected chi connectivity index (χ3v) is 16.4. The van der Waals surface area contributed by atoms with E-state index in [0.29, 0.717) is 0 Å². The van der Waals surface area contributed by atoms with Crippen molar-refractivity contribution in [3.05, 3.63) is 0 Å². The van der Waals surface area contributed by atoms with Crippen LogP contribution in [0, 0.1) is 0 Å². The summed E-state index contributed by atoms with van der Waals surface area (Å²) >= 11 is 0.00381. The summed E-state index contributed by atoms with van der Waals surface area (Å²) in [7, 11) is -0.573. The fraction of sp³-hybridized carbons (Fsp3) is 1.00. The fourth-order valence-corrected chi connectivity index (χ4v) is 12.3. The molecular weight excluding hydrogens is 203 g/mol. The monoisotopic (exact) mass is 217 g/mol. The van der Waals surface area contributed by atoms with E-state index in [1.807, 2.05) is 0 Å². The summed E-state index contributed by atoms with van der Waals surface area (Å²) in [6.07, 6.45) is 0. The molecule has 0 aliphatic rings. The quantitative estimate of drug-likeness (QED) is 0.621. The topological polar surface area (TPSA) is 0 Å². The molecule has 0 spiro atoms. The molecule has 0 N–H and O–H groups in total. The molecule has 0 heterocycles. The van der Waals surface area contributed by atoms with Crippen molar-refractivity contribution in [2.24, 2.45) is 0 Å². The van der Waals surface area contributed by atoms with Crippen molar-refractivity contribution >= 4 is 31.0 Å². The average molecular weight is 217 g/mol. The van der Waals surface area contributed by atoms with Gasteiger partial charge in [0.05, 0.1) is 0 Å². The zero-order chi connectivity index (χ0) is 5.91. The van der Waals surface area contributed by atoms with Gasteiger partial charge in [-0.05, 0) is 0 Å². The Bertz CT molecular complexity index is 46.5. The molecule has 1 radical (unpaired) electrons. The van der Waals surface area contributed by atoms with Gasteiger partial charge in [0.25, 0.3) is 0 Å². The first-order valence-corrected chi connectivity index (χ1v) is 12.2. The summed E-state index contributed by atoms with van der Waals surface area (Å²) in [5, 5.41) is 0. The van der Waals surface area contributed by atoms with E-state index in [1.54, 1.807) is 3.80 Å². The summed E-state index contributed by atoms with van der Waals surface area (Å²) in [5.74, 6) is 0. The predicted octanol–water partition coefficient (Wildman–Crippen LogP) is 2.03. The van der Waals surface area contributed by atoms with Gasteiger partial charge in [0, 0.05) is 0 Å². The molecule has 0 saturated carbocycles. The summed E-state index contributed by atoms with van der Waals surface area (Å²) in [6, 6.07) is 0. The summed E-state index contributed by atoms with van der Waals surface area (Å²) in [4.78, 5) is 0. The van der Waals surface area contributed by atoms with E-state index < -0.39 is 8.07 Å². The van der Waals surface area contributed by atoms with Gasteiger partial charge in [0.15, 0.2) is 0 Å². The molecule has 0 aliphatic heterocycles. The van der Waals surface area contributed by atoms with Crippen LogP contribution in [0.3, 0.4) is 0 Å².